The number of rotatable bonds is 4. The third kappa shape index (κ3) is 3.33. The minimum Gasteiger partial charge on any atom is -0.497 e. The molecule has 0 saturated carbocycles. The molecule has 27 heavy (non-hydrogen) atoms. The molecule has 10 heteroatoms. The maximum atomic E-state index is 13.1. The lowest BCUT2D eigenvalue weighted by Gasteiger charge is -2.06. The molecule has 0 aliphatic heterocycles. The highest BCUT2D eigenvalue weighted by molar-refractivity contribution is 5.55. The van der Waals surface area contributed by atoms with Gasteiger partial charge in [-0.1, -0.05) is 12.1 Å². The lowest BCUT2D eigenvalue weighted by Crippen LogP contribution is -2.09. The molecule has 4 rings (SSSR count). The number of imidazole rings is 1. The molecule has 0 atom stereocenters. The van der Waals surface area contributed by atoms with Crippen LogP contribution >= 0.6 is 0 Å². The van der Waals surface area contributed by atoms with Gasteiger partial charge in [0.15, 0.2) is 11.5 Å². The van der Waals surface area contributed by atoms with Crippen molar-refractivity contribution in [2.24, 2.45) is 0 Å². The number of alkyl halides is 3. The van der Waals surface area contributed by atoms with Crippen LogP contribution in [0.25, 0.3) is 17.2 Å². The van der Waals surface area contributed by atoms with Crippen LogP contribution in [0.3, 0.4) is 0 Å². The lowest BCUT2D eigenvalue weighted by molar-refractivity contribution is -0.144. The molecule has 0 saturated heterocycles. The summed E-state index contributed by atoms with van der Waals surface area (Å²) in [6, 6.07) is 10.4. The van der Waals surface area contributed by atoms with E-state index in [0.29, 0.717) is 11.4 Å². The molecule has 1 aromatic carbocycles. The Hall–Kier alpha value is -3.43. The average Bonchev–Trinajstić information content (AvgIpc) is 3.25. The van der Waals surface area contributed by atoms with Gasteiger partial charge in [0.05, 0.1) is 19.9 Å². The first-order chi connectivity index (χ1) is 12.9. The molecule has 0 aliphatic rings. The van der Waals surface area contributed by atoms with E-state index < -0.39 is 12.0 Å². The number of methoxy groups -OCH3 is 1. The number of ether oxygens (including phenoxy) is 1. The minimum absolute atomic E-state index is 0.0173. The van der Waals surface area contributed by atoms with Crippen LogP contribution in [0.5, 0.6) is 5.75 Å². The van der Waals surface area contributed by atoms with Crippen molar-refractivity contribution in [2.75, 3.05) is 7.11 Å². The van der Waals surface area contributed by atoms with Gasteiger partial charge in [-0.25, -0.2) is 19.2 Å². The number of benzene rings is 1. The summed E-state index contributed by atoms with van der Waals surface area (Å²) in [7, 11) is 1.54. The third-order valence-electron chi connectivity index (χ3n) is 3.88. The van der Waals surface area contributed by atoms with E-state index in [1.54, 1.807) is 42.6 Å². The van der Waals surface area contributed by atoms with Gasteiger partial charge in [-0.3, -0.25) is 0 Å². The minimum atomic E-state index is -4.66. The highest BCUT2D eigenvalue weighted by Crippen LogP contribution is 2.29. The standard InChI is InChI=1S/C17H13F3N6O/c1-27-12-6-4-11(5-7-12)9-26-15(23-16(24-26)17(18,19)20)13-10-25-14(22-13)3-2-8-21-25/h2-8,10H,9H2,1H3. The first kappa shape index (κ1) is 17.0. The van der Waals surface area contributed by atoms with E-state index in [0.717, 1.165) is 5.56 Å². The fraction of sp³-hybridized carbons (Fsp3) is 0.176. The summed E-state index contributed by atoms with van der Waals surface area (Å²) in [6.07, 6.45) is -1.58. The Bertz CT molecular complexity index is 1050. The quantitative estimate of drug-likeness (QED) is 0.549. The van der Waals surface area contributed by atoms with Crippen molar-refractivity contribution in [1.82, 2.24) is 29.4 Å². The van der Waals surface area contributed by atoms with Crippen LogP contribution in [0.15, 0.2) is 48.8 Å². The van der Waals surface area contributed by atoms with Crippen molar-refractivity contribution < 1.29 is 17.9 Å². The largest absolute Gasteiger partial charge is 0.497 e. The molecule has 4 aromatic rings. The van der Waals surface area contributed by atoms with E-state index >= 15 is 0 Å². The molecular formula is C17H13F3N6O. The average molecular weight is 374 g/mol. The summed E-state index contributed by atoms with van der Waals surface area (Å²) in [5.74, 6) is -0.542. The zero-order valence-electron chi connectivity index (χ0n) is 14.1. The van der Waals surface area contributed by atoms with Crippen LogP contribution < -0.4 is 4.74 Å². The van der Waals surface area contributed by atoms with Crippen LogP contribution in [0.2, 0.25) is 0 Å². The van der Waals surface area contributed by atoms with Gasteiger partial charge >= 0.3 is 6.18 Å². The molecule has 0 fully saturated rings. The van der Waals surface area contributed by atoms with E-state index in [-0.39, 0.29) is 18.1 Å². The molecule has 0 amide bonds. The number of aromatic nitrogens is 6. The second kappa shape index (κ2) is 6.38. The molecule has 0 spiro atoms. The highest BCUT2D eigenvalue weighted by Gasteiger charge is 2.37. The van der Waals surface area contributed by atoms with Gasteiger partial charge in [0.25, 0.3) is 5.82 Å². The molecular weight excluding hydrogens is 361 g/mol. The normalized spacial score (nSPS) is 11.9. The SMILES string of the molecule is COc1ccc(Cn2nc(C(F)(F)F)nc2-c2cn3ncccc3n2)cc1. The van der Waals surface area contributed by atoms with Crippen molar-refractivity contribution in [3.05, 3.63) is 60.2 Å². The van der Waals surface area contributed by atoms with Crippen molar-refractivity contribution in [2.45, 2.75) is 12.7 Å². The first-order valence-electron chi connectivity index (χ1n) is 7.90. The van der Waals surface area contributed by atoms with Gasteiger partial charge in [-0.15, -0.1) is 5.10 Å². The zero-order chi connectivity index (χ0) is 19.0. The van der Waals surface area contributed by atoms with Gasteiger partial charge in [0, 0.05) is 6.20 Å². The summed E-state index contributed by atoms with van der Waals surface area (Å²) in [5, 5.41) is 7.72. The summed E-state index contributed by atoms with van der Waals surface area (Å²) >= 11 is 0. The van der Waals surface area contributed by atoms with Gasteiger partial charge in [0.1, 0.15) is 11.4 Å². The monoisotopic (exact) mass is 374 g/mol. The summed E-state index contributed by atoms with van der Waals surface area (Å²) in [5.41, 5.74) is 1.50. The number of halogens is 3. The molecule has 0 aliphatic carbocycles. The van der Waals surface area contributed by atoms with Crippen LogP contribution in [0.1, 0.15) is 11.4 Å². The summed E-state index contributed by atoms with van der Waals surface area (Å²) in [6.45, 7) is 0.101. The van der Waals surface area contributed by atoms with E-state index in [1.807, 2.05) is 0 Å². The van der Waals surface area contributed by atoms with Gasteiger partial charge in [-0.2, -0.15) is 18.3 Å². The maximum Gasteiger partial charge on any atom is 0.453 e. The molecule has 0 bridgehead atoms. The highest BCUT2D eigenvalue weighted by atomic mass is 19.4. The van der Waals surface area contributed by atoms with Crippen LogP contribution in [0.4, 0.5) is 13.2 Å². The van der Waals surface area contributed by atoms with E-state index in [4.69, 9.17) is 4.74 Å². The fourth-order valence-electron chi connectivity index (χ4n) is 2.60. The van der Waals surface area contributed by atoms with Gasteiger partial charge < -0.3 is 4.74 Å². The summed E-state index contributed by atoms with van der Waals surface area (Å²) < 4.78 is 47.2. The second-order valence-electron chi connectivity index (χ2n) is 5.72. The lowest BCUT2D eigenvalue weighted by atomic mass is 10.2. The topological polar surface area (TPSA) is 70.1 Å². The molecule has 7 nitrogen and oxygen atoms in total. The van der Waals surface area contributed by atoms with Crippen molar-refractivity contribution in [3.63, 3.8) is 0 Å². The van der Waals surface area contributed by atoms with Gasteiger partial charge in [0.2, 0.25) is 0 Å². The molecule has 3 aromatic heterocycles. The Kier molecular flexibility index (Phi) is 4.02. The van der Waals surface area contributed by atoms with Crippen molar-refractivity contribution >= 4 is 5.65 Å². The number of hydrogen-bond donors (Lipinski definition) is 0. The predicted molar refractivity (Wildman–Crippen MR) is 89.1 cm³/mol. The number of nitrogens with zero attached hydrogens (tertiary/aromatic N) is 6. The van der Waals surface area contributed by atoms with Gasteiger partial charge in [-0.05, 0) is 29.8 Å². The Morgan fingerprint density at radius 2 is 1.85 bits per heavy atom. The van der Waals surface area contributed by atoms with E-state index in [9.17, 15) is 13.2 Å². The van der Waals surface area contributed by atoms with Crippen molar-refractivity contribution in [3.8, 4) is 17.3 Å². The molecule has 3 heterocycles. The number of fused-ring (bicyclic) bond motifs is 1. The van der Waals surface area contributed by atoms with Crippen LogP contribution in [0, 0.1) is 0 Å². The molecule has 0 N–H and O–H groups in total. The summed E-state index contributed by atoms with van der Waals surface area (Å²) in [4.78, 5) is 7.97. The first-order valence-corrected chi connectivity index (χ1v) is 7.90. The third-order valence-corrected chi connectivity index (χ3v) is 3.88. The Balaban J connectivity index is 1.78. The Labute approximate surface area is 151 Å². The van der Waals surface area contributed by atoms with E-state index in [1.165, 1.54) is 22.5 Å². The smallest absolute Gasteiger partial charge is 0.453 e. The predicted octanol–water partition coefficient (Wildman–Crippen LogP) is 3.06. The molecule has 0 unspecified atom stereocenters. The number of hydrogen-bond acceptors (Lipinski definition) is 5. The van der Waals surface area contributed by atoms with Crippen LogP contribution in [-0.2, 0) is 12.7 Å². The Morgan fingerprint density at radius 1 is 1.07 bits per heavy atom. The molecule has 0 radical (unpaired) electrons. The zero-order valence-corrected chi connectivity index (χ0v) is 14.1. The molecule has 138 valence electrons. The second-order valence-corrected chi connectivity index (χ2v) is 5.72. The maximum absolute atomic E-state index is 13.1. The van der Waals surface area contributed by atoms with Crippen molar-refractivity contribution in [1.29, 1.82) is 0 Å². The van der Waals surface area contributed by atoms with Crippen LogP contribution in [-0.4, -0.2) is 36.5 Å². The Morgan fingerprint density at radius 3 is 2.52 bits per heavy atom. The van der Waals surface area contributed by atoms with E-state index in [2.05, 4.69) is 20.2 Å². The fourth-order valence-corrected chi connectivity index (χ4v) is 2.60.